The molecule has 0 spiro atoms. The van der Waals surface area contributed by atoms with E-state index in [2.05, 4.69) is 16.0 Å². The van der Waals surface area contributed by atoms with Gasteiger partial charge in [0.15, 0.2) is 0 Å². The third-order valence-corrected chi connectivity index (χ3v) is 6.13. The lowest BCUT2D eigenvalue weighted by molar-refractivity contribution is -0.143. The first kappa shape index (κ1) is 31.7. The summed E-state index contributed by atoms with van der Waals surface area (Å²) in [7, 11) is 0. The van der Waals surface area contributed by atoms with Crippen LogP contribution in [0.3, 0.4) is 0 Å². The van der Waals surface area contributed by atoms with Gasteiger partial charge < -0.3 is 37.0 Å². The Balaban J connectivity index is 3.11. The van der Waals surface area contributed by atoms with E-state index in [0.29, 0.717) is 17.7 Å². The average molecular weight is 541 g/mol. The molecule has 0 aromatic heterocycles. The smallest absolute Gasteiger partial charge is 0.326 e. The van der Waals surface area contributed by atoms with E-state index < -0.39 is 60.2 Å². The minimum absolute atomic E-state index is 0.00575. The van der Waals surface area contributed by atoms with Crippen molar-refractivity contribution in [1.82, 2.24) is 16.0 Å². The number of carboxylic acid groups (broad SMARTS) is 2. The van der Waals surface area contributed by atoms with Gasteiger partial charge in [0, 0.05) is 12.8 Å². The predicted octanol–water partition coefficient (Wildman–Crippen LogP) is 0.0749. The summed E-state index contributed by atoms with van der Waals surface area (Å²) in [5.41, 5.74) is 6.47. The molecule has 3 amide bonds. The van der Waals surface area contributed by atoms with Crippen LogP contribution in [0.15, 0.2) is 24.3 Å². The number of carbonyl (C=O) groups excluding carboxylic acids is 3. The normalized spacial score (nSPS) is 14.2. The summed E-state index contributed by atoms with van der Waals surface area (Å²) in [6.07, 6.45) is 1.40. The van der Waals surface area contributed by atoms with Gasteiger partial charge in [0.25, 0.3) is 0 Å². The molecule has 0 radical (unpaired) electrons. The van der Waals surface area contributed by atoms with Gasteiger partial charge in [-0.15, -0.1) is 0 Å². The minimum atomic E-state index is -1.49. The number of aliphatic carboxylic acids is 2. The van der Waals surface area contributed by atoms with Crippen molar-refractivity contribution >= 4 is 41.4 Å². The van der Waals surface area contributed by atoms with E-state index in [0.717, 1.165) is 0 Å². The van der Waals surface area contributed by atoms with Gasteiger partial charge in [-0.3, -0.25) is 19.2 Å². The van der Waals surface area contributed by atoms with Crippen LogP contribution in [0.1, 0.15) is 38.7 Å². The standard InChI is InChI=1S/C24H36N4O8S/c1-13(2)20(28-21(32)16(25)10-11-37-3)23(34)27-18(12-14-4-6-15(29)7-5-14)22(33)26-17(24(35)36)8-9-19(30)31/h4-7,13,16-18,20,29H,8-12,25H2,1-3H3,(H,26,33)(H,27,34)(H,28,32)(H,30,31)(H,35,36). The van der Waals surface area contributed by atoms with E-state index in [9.17, 15) is 34.2 Å². The fourth-order valence-corrected chi connectivity index (χ4v) is 3.80. The second kappa shape index (κ2) is 15.7. The van der Waals surface area contributed by atoms with Crippen molar-refractivity contribution in [3.05, 3.63) is 29.8 Å². The lowest BCUT2D eigenvalue weighted by Gasteiger charge is -2.27. The highest BCUT2D eigenvalue weighted by atomic mass is 32.2. The van der Waals surface area contributed by atoms with E-state index in [4.69, 9.17) is 10.8 Å². The Morgan fingerprint density at radius 2 is 1.49 bits per heavy atom. The number of hydrogen-bond donors (Lipinski definition) is 7. The van der Waals surface area contributed by atoms with Gasteiger partial charge in [0.2, 0.25) is 17.7 Å². The summed E-state index contributed by atoms with van der Waals surface area (Å²) in [6.45, 7) is 3.42. The zero-order valence-corrected chi connectivity index (χ0v) is 21.9. The third-order valence-electron chi connectivity index (χ3n) is 5.49. The molecule has 13 heteroatoms. The second-order valence-electron chi connectivity index (χ2n) is 8.88. The Kier molecular flexibility index (Phi) is 13.5. The number of carboxylic acids is 2. The number of nitrogens with two attached hydrogens (primary N) is 1. The maximum atomic E-state index is 13.2. The van der Waals surface area contributed by atoms with Crippen molar-refractivity contribution in [3.8, 4) is 5.75 Å². The molecule has 12 nitrogen and oxygen atoms in total. The molecule has 0 bridgehead atoms. The molecule has 0 fully saturated rings. The van der Waals surface area contributed by atoms with Crippen LogP contribution >= 0.6 is 11.8 Å². The van der Waals surface area contributed by atoms with Crippen LogP contribution in [0.5, 0.6) is 5.75 Å². The highest BCUT2D eigenvalue weighted by Gasteiger charge is 2.32. The zero-order valence-electron chi connectivity index (χ0n) is 21.1. The van der Waals surface area contributed by atoms with Crippen LogP contribution < -0.4 is 21.7 Å². The summed E-state index contributed by atoms with van der Waals surface area (Å²) in [6, 6.07) is 1.28. The number of aromatic hydroxyl groups is 1. The molecule has 1 aromatic rings. The molecule has 8 N–H and O–H groups in total. The summed E-state index contributed by atoms with van der Waals surface area (Å²) in [5, 5.41) is 35.3. The molecule has 0 saturated carbocycles. The Morgan fingerprint density at radius 1 is 0.892 bits per heavy atom. The highest BCUT2D eigenvalue weighted by molar-refractivity contribution is 7.98. The molecule has 0 saturated heterocycles. The molecule has 1 aromatic carbocycles. The van der Waals surface area contributed by atoms with E-state index >= 15 is 0 Å². The van der Waals surface area contributed by atoms with Crippen molar-refractivity contribution < 1.29 is 39.3 Å². The maximum Gasteiger partial charge on any atom is 0.326 e. The van der Waals surface area contributed by atoms with Crippen molar-refractivity contribution in [2.24, 2.45) is 11.7 Å². The monoisotopic (exact) mass is 540 g/mol. The molecule has 206 valence electrons. The Labute approximate surface area is 219 Å². The quantitative estimate of drug-likeness (QED) is 0.150. The molecule has 1 rings (SSSR count). The van der Waals surface area contributed by atoms with Crippen molar-refractivity contribution in [2.75, 3.05) is 12.0 Å². The zero-order chi connectivity index (χ0) is 28.1. The first-order chi connectivity index (χ1) is 17.3. The molecule has 0 heterocycles. The summed E-state index contributed by atoms with van der Waals surface area (Å²) in [4.78, 5) is 61.2. The number of amides is 3. The fraction of sp³-hybridized carbons (Fsp3) is 0.542. The van der Waals surface area contributed by atoms with E-state index in [1.54, 1.807) is 13.8 Å². The highest BCUT2D eigenvalue weighted by Crippen LogP contribution is 2.13. The largest absolute Gasteiger partial charge is 0.508 e. The number of thioether (sulfide) groups is 1. The van der Waals surface area contributed by atoms with E-state index in [-0.39, 0.29) is 24.5 Å². The lowest BCUT2D eigenvalue weighted by Crippen LogP contribution is -2.59. The van der Waals surface area contributed by atoms with Crippen molar-refractivity contribution in [1.29, 1.82) is 0 Å². The topological polar surface area (TPSA) is 208 Å². The first-order valence-electron chi connectivity index (χ1n) is 11.7. The summed E-state index contributed by atoms with van der Waals surface area (Å²) < 4.78 is 0. The van der Waals surface area contributed by atoms with Gasteiger partial charge in [0.05, 0.1) is 6.04 Å². The van der Waals surface area contributed by atoms with Gasteiger partial charge in [-0.25, -0.2) is 4.79 Å². The number of carbonyl (C=O) groups is 5. The van der Waals surface area contributed by atoms with Gasteiger partial charge in [0.1, 0.15) is 23.9 Å². The molecule has 0 aliphatic heterocycles. The predicted molar refractivity (Wildman–Crippen MR) is 138 cm³/mol. The molecule has 4 unspecified atom stereocenters. The number of phenolic OH excluding ortho intramolecular Hbond substituents is 1. The van der Waals surface area contributed by atoms with E-state index in [1.165, 1.54) is 36.0 Å². The van der Waals surface area contributed by atoms with Gasteiger partial charge in [-0.2, -0.15) is 11.8 Å². The molecule has 0 aliphatic rings. The summed E-state index contributed by atoms with van der Waals surface area (Å²) in [5.74, 6) is -4.38. The Bertz CT molecular complexity index is 941. The molecular formula is C24H36N4O8S. The van der Waals surface area contributed by atoms with Crippen LogP contribution in [0.4, 0.5) is 0 Å². The van der Waals surface area contributed by atoms with Crippen LogP contribution in [0.25, 0.3) is 0 Å². The van der Waals surface area contributed by atoms with Crippen LogP contribution in [0.2, 0.25) is 0 Å². The summed E-state index contributed by atoms with van der Waals surface area (Å²) >= 11 is 1.53. The fourth-order valence-electron chi connectivity index (χ4n) is 3.31. The van der Waals surface area contributed by atoms with Crippen LogP contribution in [-0.2, 0) is 30.4 Å². The Hall–Kier alpha value is -3.32. The van der Waals surface area contributed by atoms with Gasteiger partial charge >= 0.3 is 11.9 Å². The van der Waals surface area contributed by atoms with Crippen LogP contribution in [-0.4, -0.2) is 81.2 Å². The maximum absolute atomic E-state index is 13.2. The second-order valence-corrected chi connectivity index (χ2v) is 9.87. The number of nitrogens with one attached hydrogen (secondary N) is 3. The first-order valence-corrected chi connectivity index (χ1v) is 13.1. The number of rotatable bonds is 16. The molecule has 0 aliphatic carbocycles. The minimum Gasteiger partial charge on any atom is -0.508 e. The van der Waals surface area contributed by atoms with Crippen molar-refractivity contribution in [3.63, 3.8) is 0 Å². The Morgan fingerprint density at radius 3 is 2.00 bits per heavy atom. The SMILES string of the molecule is CSCCC(N)C(=O)NC(C(=O)NC(Cc1ccc(O)cc1)C(=O)NC(CCC(=O)O)C(=O)O)C(C)C. The van der Waals surface area contributed by atoms with Gasteiger partial charge in [-0.05, 0) is 48.5 Å². The third kappa shape index (κ3) is 11.5. The number of benzene rings is 1. The average Bonchev–Trinajstić information content (AvgIpc) is 2.83. The molecule has 37 heavy (non-hydrogen) atoms. The lowest BCUT2D eigenvalue weighted by atomic mass is 10.00. The van der Waals surface area contributed by atoms with Gasteiger partial charge in [-0.1, -0.05) is 26.0 Å². The molecular weight excluding hydrogens is 504 g/mol. The van der Waals surface area contributed by atoms with E-state index in [1.807, 2.05) is 6.26 Å². The van der Waals surface area contributed by atoms with Crippen molar-refractivity contribution in [2.45, 2.75) is 63.7 Å². The molecule has 4 atom stereocenters. The number of phenols is 1. The van der Waals surface area contributed by atoms with Crippen LogP contribution in [0, 0.1) is 5.92 Å². The number of hydrogen-bond acceptors (Lipinski definition) is 8.